The first-order valence-corrected chi connectivity index (χ1v) is 13.8. The van der Waals surface area contributed by atoms with Gasteiger partial charge in [0.2, 0.25) is 5.88 Å². The van der Waals surface area contributed by atoms with Crippen molar-refractivity contribution >= 4 is 21.8 Å². The molecule has 1 aliphatic heterocycles. The van der Waals surface area contributed by atoms with Gasteiger partial charge in [-0.2, -0.15) is 0 Å². The van der Waals surface area contributed by atoms with E-state index in [0.717, 1.165) is 46.0 Å². The van der Waals surface area contributed by atoms with Crippen LogP contribution in [0.15, 0.2) is 55.0 Å². The highest BCUT2D eigenvalue weighted by molar-refractivity contribution is 6.08. The predicted octanol–water partition coefficient (Wildman–Crippen LogP) is 4.75. The van der Waals surface area contributed by atoms with Crippen LogP contribution in [0.4, 0.5) is 8.78 Å². The predicted molar refractivity (Wildman–Crippen MR) is 148 cm³/mol. The molecule has 4 heterocycles. The minimum absolute atomic E-state index is 0.0974. The van der Waals surface area contributed by atoms with Crippen molar-refractivity contribution in [2.75, 3.05) is 39.5 Å². The molecule has 1 N–H and O–H groups in total. The van der Waals surface area contributed by atoms with Crippen LogP contribution in [0.1, 0.15) is 19.3 Å². The summed E-state index contributed by atoms with van der Waals surface area (Å²) in [7, 11) is 2.06. The standard InChI is InChI=1S/C30H34F2N4O4/c1-36-27-7-8-33-17-26(27)25-5-3-20(11-28(25)36)21-4-6-29(35-14-21)40-23-12-22(13-23)39-19-30(31,32)18-37-9-2-10-38-24-15-34-16-24/h3-8,11,14,17,22-24,34H,2,9-10,12-13,15-16,18-19H2,1H3. The Hall–Kier alpha value is -3.18. The summed E-state index contributed by atoms with van der Waals surface area (Å²) in [5.74, 6) is -2.51. The normalized spacial score (nSPS) is 19.6. The molecule has 8 nitrogen and oxygen atoms in total. The SMILES string of the molecule is Cn1c2ccncc2c2ccc(-c3ccc(OC4CC(OCC(F)(F)COCCCOC5CNC5)C4)nc3)cc21. The number of ether oxygens (including phenoxy) is 4. The number of fused-ring (bicyclic) bond motifs is 3. The van der Waals surface area contributed by atoms with Gasteiger partial charge in [-0.1, -0.05) is 12.1 Å². The van der Waals surface area contributed by atoms with Crippen LogP contribution < -0.4 is 10.1 Å². The van der Waals surface area contributed by atoms with Crippen LogP contribution in [0, 0.1) is 0 Å². The van der Waals surface area contributed by atoms with Gasteiger partial charge in [-0.15, -0.1) is 0 Å². The van der Waals surface area contributed by atoms with Crippen molar-refractivity contribution < 1.29 is 27.7 Å². The summed E-state index contributed by atoms with van der Waals surface area (Å²) in [5, 5.41) is 5.41. The third-order valence-corrected chi connectivity index (χ3v) is 7.59. The molecule has 1 saturated carbocycles. The number of nitrogens with one attached hydrogen (secondary N) is 1. The zero-order chi connectivity index (χ0) is 27.5. The Morgan fingerprint density at radius 2 is 1.75 bits per heavy atom. The van der Waals surface area contributed by atoms with Gasteiger partial charge in [0, 0.05) is 92.7 Å². The number of nitrogens with zero attached hydrogens (tertiary/aromatic N) is 3. The number of alkyl halides is 2. The Kier molecular flexibility index (Phi) is 7.93. The lowest BCUT2D eigenvalue weighted by atomic mass is 9.92. The number of halogens is 2. The van der Waals surface area contributed by atoms with E-state index in [4.69, 9.17) is 18.9 Å². The highest BCUT2D eigenvalue weighted by atomic mass is 19.3. The molecule has 4 aromatic rings. The Balaban J connectivity index is 0.928. The summed E-state index contributed by atoms with van der Waals surface area (Å²) in [6.07, 6.45) is 7.11. The van der Waals surface area contributed by atoms with Gasteiger partial charge in [0.25, 0.3) is 5.92 Å². The Labute approximate surface area is 231 Å². The fourth-order valence-electron chi connectivity index (χ4n) is 5.07. The lowest BCUT2D eigenvalue weighted by Crippen LogP contribution is -2.48. The van der Waals surface area contributed by atoms with E-state index in [1.807, 2.05) is 24.4 Å². The van der Waals surface area contributed by atoms with Gasteiger partial charge in [-0.25, -0.2) is 13.8 Å². The van der Waals surface area contributed by atoms with Crippen LogP contribution in [-0.4, -0.2) is 78.3 Å². The van der Waals surface area contributed by atoms with Gasteiger partial charge in [0.1, 0.15) is 19.3 Å². The lowest BCUT2D eigenvalue weighted by Gasteiger charge is -2.35. The van der Waals surface area contributed by atoms with Gasteiger partial charge in [0.05, 0.1) is 17.7 Å². The largest absolute Gasteiger partial charge is 0.474 e. The molecule has 0 atom stereocenters. The monoisotopic (exact) mass is 552 g/mol. The molecule has 0 spiro atoms. The van der Waals surface area contributed by atoms with E-state index in [1.165, 1.54) is 0 Å². The Bertz CT molecular complexity index is 1440. The van der Waals surface area contributed by atoms with Crippen molar-refractivity contribution in [1.82, 2.24) is 19.9 Å². The highest BCUT2D eigenvalue weighted by Crippen LogP contribution is 2.33. The van der Waals surface area contributed by atoms with Crippen LogP contribution in [0.3, 0.4) is 0 Å². The molecule has 2 aliphatic rings. The van der Waals surface area contributed by atoms with Crippen LogP contribution in [0.5, 0.6) is 5.88 Å². The quantitative estimate of drug-likeness (QED) is 0.240. The summed E-state index contributed by atoms with van der Waals surface area (Å²) in [6.45, 7) is 1.18. The fourth-order valence-corrected chi connectivity index (χ4v) is 5.07. The van der Waals surface area contributed by atoms with Gasteiger partial charge in [-0.3, -0.25) is 4.98 Å². The zero-order valence-electron chi connectivity index (χ0n) is 22.5. The minimum Gasteiger partial charge on any atom is -0.474 e. The molecular weight excluding hydrogens is 518 g/mol. The molecule has 212 valence electrons. The molecule has 2 fully saturated rings. The average Bonchev–Trinajstić information content (AvgIpc) is 3.20. The molecule has 40 heavy (non-hydrogen) atoms. The number of hydrogen-bond acceptors (Lipinski definition) is 7. The molecule has 0 bridgehead atoms. The van der Waals surface area contributed by atoms with Crippen LogP contribution >= 0.6 is 0 Å². The third-order valence-electron chi connectivity index (χ3n) is 7.59. The number of rotatable bonds is 13. The second-order valence-electron chi connectivity index (χ2n) is 10.6. The first-order valence-electron chi connectivity index (χ1n) is 13.8. The summed E-state index contributed by atoms with van der Waals surface area (Å²) in [6, 6.07) is 12.2. The highest BCUT2D eigenvalue weighted by Gasteiger charge is 2.37. The molecule has 0 amide bonds. The van der Waals surface area contributed by atoms with Crippen molar-refractivity contribution in [1.29, 1.82) is 0 Å². The molecule has 0 radical (unpaired) electrons. The van der Waals surface area contributed by atoms with E-state index < -0.39 is 19.1 Å². The van der Waals surface area contributed by atoms with Crippen LogP contribution in [0.2, 0.25) is 0 Å². The van der Waals surface area contributed by atoms with Crippen LogP contribution in [0.25, 0.3) is 32.9 Å². The van der Waals surface area contributed by atoms with Crippen molar-refractivity contribution in [3.05, 3.63) is 55.0 Å². The van der Waals surface area contributed by atoms with Crippen molar-refractivity contribution in [2.24, 2.45) is 7.05 Å². The smallest absolute Gasteiger partial charge is 0.293 e. The maximum atomic E-state index is 14.1. The number of aryl methyl sites for hydroxylation is 1. The molecule has 3 aromatic heterocycles. The van der Waals surface area contributed by atoms with Crippen molar-refractivity contribution in [3.8, 4) is 17.0 Å². The molecule has 10 heteroatoms. The van der Waals surface area contributed by atoms with Gasteiger partial charge >= 0.3 is 0 Å². The van der Waals surface area contributed by atoms with E-state index in [2.05, 4.69) is 45.1 Å². The number of aromatic nitrogens is 3. The summed E-state index contributed by atoms with van der Waals surface area (Å²) in [4.78, 5) is 8.74. The van der Waals surface area contributed by atoms with Gasteiger partial charge in [0.15, 0.2) is 0 Å². The number of benzene rings is 1. The Morgan fingerprint density at radius 1 is 0.900 bits per heavy atom. The molecule has 0 unspecified atom stereocenters. The van der Waals surface area contributed by atoms with E-state index in [9.17, 15) is 8.78 Å². The van der Waals surface area contributed by atoms with Gasteiger partial charge < -0.3 is 28.8 Å². The lowest BCUT2D eigenvalue weighted by molar-refractivity contribution is -0.160. The topological polar surface area (TPSA) is 79.7 Å². The Morgan fingerprint density at radius 3 is 2.52 bits per heavy atom. The van der Waals surface area contributed by atoms with Crippen molar-refractivity contribution in [2.45, 2.75) is 43.5 Å². The number of hydrogen-bond donors (Lipinski definition) is 1. The van der Waals surface area contributed by atoms with E-state index in [1.54, 1.807) is 12.4 Å². The second-order valence-corrected chi connectivity index (χ2v) is 10.6. The van der Waals surface area contributed by atoms with Crippen molar-refractivity contribution in [3.63, 3.8) is 0 Å². The maximum Gasteiger partial charge on any atom is 0.293 e. The third kappa shape index (κ3) is 6.10. The summed E-state index contributed by atoms with van der Waals surface area (Å²) in [5.41, 5.74) is 4.32. The summed E-state index contributed by atoms with van der Waals surface area (Å²) < 4.78 is 52.4. The van der Waals surface area contributed by atoms with E-state index in [0.29, 0.717) is 31.7 Å². The molecule has 6 rings (SSSR count). The average molecular weight is 553 g/mol. The molecule has 1 aromatic carbocycles. The van der Waals surface area contributed by atoms with Gasteiger partial charge in [-0.05, 0) is 30.2 Å². The first-order chi connectivity index (χ1) is 19.4. The van der Waals surface area contributed by atoms with E-state index in [-0.39, 0.29) is 24.9 Å². The molecule has 1 aliphatic carbocycles. The van der Waals surface area contributed by atoms with E-state index >= 15 is 0 Å². The second kappa shape index (κ2) is 11.7. The first kappa shape index (κ1) is 27.0. The summed E-state index contributed by atoms with van der Waals surface area (Å²) >= 11 is 0. The zero-order valence-corrected chi connectivity index (χ0v) is 22.5. The van der Waals surface area contributed by atoms with Crippen LogP contribution in [-0.2, 0) is 21.3 Å². The fraction of sp³-hybridized carbons (Fsp3) is 0.467. The maximum absolute atomic E-state index is 14.1. The number of pyridine rings is 2. The molecule has 1 saturated heterocycles. The molecular formula is C30H34F2N4O4. The minimum atomic E-state index is -3.02.